The van der Waals surface area contributed by atoms with E-state index in [0.717, 1.165) is 13.1 Å². The second-order valence-corrected chi connectivity index (χ2v) is 3.84. The van der Waals surface area contributed by atoms with Crippen LogP contribution in [0, 0.1) is 5.82 Å². The maximum absolute atomic E-state index is 12.8. The molecule has 0 aromatic carbocycles. The van der Waals surface area contributed by atoms with E-state index in [9.17, 15) is 4.39 Å². The number of nitrogens with zero attached hydrogens (tertiary/aromatic N) is 2. The van der Waals surface area contributed by atoms with Gasteiger partial charge in [0.25, 0.3) is 0 Å². The highest BCUT2D eigenvalue weighted by Crippen LogP contribution is 2.23. The molecule has 1 fully saturated rings. The molecular weight excluding hydrogens is 169 g/mol. The Balaban J connectivity index is 2.11. The molecule has 0 radical (unpaired) electrons. The van der Waals surface area contributed by atoms with Gasteiger partial charge in [-0.2, -0.15) is 0 Å². The third-order valence-corrected chi connectivity index (χ3v) is 2.14. The van der Waals surface area contributed by atoms with Crippen molar-refractivity contribution in [3.63, 3.8) is 0 Å². The van der Waals surface area contributed by atoms with Gasteiger partial charge >= 0.3 is 0 Å². The molecule has 0 spiro atoms. The van der Waals surface area contributed by atoms with E-state index in [1.807, 2.05) is 11.8 Å². The molecule has 4 heteroatoms. The molecule has 13 heavy (non-hydrogen) atoms. The number of pyridine rings is 1. The maximum atomic E-state index is 12.8. The fourth-order valence-electron chi connectivity index (χ4n) is 1.55. The summed E-state index contributed by atoms with van der Waals surface area (Å²) in [4.78, 5) is 6.02. The number of rotatable bonds is 1. The summed E-state index contributed by atoms with van der Waals surface area (Å²) in [6, 6.07) is 2.76. The smallest absolute Gasteiger partial charge is 0.131 e. The zero-order chi connectivity index (χ0) is 9.47. The first-order valence-electron chi connectivity index (χ1n) is 4.22. The van der Waals surface area contributed by atoms with Crippen molar-refractivity contribution in [3.8, 4) is 0 Å². The van der Waals surface area contributed by atoms with Gasteiger partial charge in [0.2, 0.25) is 0 Å². The molecule has 1 aromatic heterocycles. The average molecular weight is 181 g/mol. The lowest BCUT2D eigenvalue weighted by atomic mass is 9.94. The monoisotopic (exact) mass is 181 g/mol. The number of nitrogens with two attached hydrogens (primary N) is 1. The van der Waals surface area contributed by atoms with Gasteiger partial charge in [-0.15, -0.1) is 0 Å². The summed E-state index contributed by atoms with van der Waals surface area (Å²) < 4.78 is 12.8. The number of halogens is 1. The van der Waals surface area contributed by atoms with Gasteiger partial charge in [0.05, 0.1) is 0 Å². The molecule has 0 amide bonds. The van der Waals surface area contributed by atoms with Crippen molar-refractivity contribution in [1.82, 2.24) is 4.98 Å². The van der Waals surface area contributed by atoms with Crippen LogP contribution < -0.4 is 10.6 Å². The number of aromatic nitrogens is 1. The van der Waals surface area contributed by atoms with Gasteiger partial charge in [0.15, 0.2) is 0 Å². The lowest BCUT2D eigenvalue weighted by Gasteiger charge is -2.46. The average Bonchev–Trinajstić information content (AvgIpc) is 2.00. The Morgan fingerprint density at radius 2 is 2.31 bits per heavy atom. The summed E-state index contributed by atoms with van der Waals surface area (Å²) in [7, 11) is 0. The van der Waals surface area contributed by atoms with Crippen LogP contribution in [0.2, 0.25) is 0 Å². The Kier molecular flexibility index (Phi) is 1.73. The molecule has 2 N–H and O–H groups in total. The number of hydrogen-bond donors (Lipinski definition) is 1. The molecule has 0 aliphatic carbocycles. The lowest BCUT2D eigenvalue weighted by molar-refractivity contribution is 0.362. The van der Waals surface area contributed by atoms with Gasteiger partial charge in [-0.3, -0.25) is 0 Å². The third-order valence-electron chi connectivity index (χ3n) is 2.14. The fourth-order valence-corrected chi connectivity index (χ4v) is 1.55. The first kappa shape index (κ1) is 8.44. The standard InChI is InChI=1S/C9H12FN3/c1-9(11)5-13(6-9)8-4-7(10)2-3-12-8/h2-4H,5-6,11H2,1H3. The van der Waals surface area contributed by atoms with Crippen LogP contribution in [0.1, 0.15) is 6.92 Å². The summed E-state index contributed by atoms with van der Waals surface area (Å²) in [5, 5.41) is 0. The zero-order valence-electron chi connectivity index (χ0n) is 7.50. The third kappa shape index (κ3) is 1.62. The molecule has 1 saturated heterocycles. The van der Waals surface area contributed by atoms with Crippen LogP contribution in [0.3, 0.4) is 0 Å². The van der Waals surface area contributed by atoms with Crippen molar-refractivity contribution in [1.29, 1.82) is 0 Å². The molecule has 0 bridgehead atoms. The fraction of sp³-hybridized carbons (Fsp3) is 0.444. The van der Waals surface area contributed by atoms with Gasteiger partial charge in [0, 0.05) is 30.9 Å². The Hall–Kier alpha value is -1.16. The van der Waals surface area contributed by atoms with E-state index in [2.05, 4.69) is 4.98 Å². The highest BCUT2D eigenvalue weighted by Gasteiger charge is 2.35. The minimum Gasteiger partial charge on any atom is -0.353 e. The maximum Gasteiger partial charge on any atom is 0.131 e. The topological polar surface area (TPSA) is 42.1 Å². The van der Waals surface area contributed by atoms with Gasteiger partial charge in [-0.25, -0.2) is 9.37 Å². The van der Waals surface area contributed by atoms with E-state index in [1.165, 1.54) is 18.3 Å². The highest BCUT2D eigenvalue weighted by molar-refractivity contribution is 5.43. The van der Waals surface area contributed by atoms with E-state index in [4.69, 9.17) is 5.73 Å². The summed E-state index contributed by atoms with van der Waals surface area (Å²) in [6.45, 7) is 3.45. The normalized spacial score (nSPS) is 19.8. The number of hydrogen-bond acceptors (Lipinski definition) is 3. The van der Waals surface area contributed by atoms with Crippen LogP contribution in [0.15, 0.2) is 18.3 Å². The predicted molar refractivity (Wildman–Crippen MR) is 49.0 cm³/mol. The molecule has 2 rings (SSSR count). The van der Waals surface area contributed by atoms with E-state index in [1.54, 1.807) is 0 Å². The van der Waals surface area contributed by atoms with E-state index < -0.39 is 0 Å². The first-order chi connectivity index (χ1) is 6.07. The van der Waals surface area contributed by atoms with E-state index >= 15 is 0 Å². The van der Waals surface area contributed by atoms with Crippen LogP contribution in [0.4, 0.5) is 10.2 Å². The second-order valence-electron chi connectivity index (χ2n) is 3.84. The number of anilines is 1. The molecule has 70 valence electrons. The van der Waals surface area contributed by atoms with Crippen LogP contribution in [-0.4, -0.2) is 23.6 Å². The summed E-state index contributed by atoms with van der Waals surface area (Å²) >= 11 is 0. The molecule has 0 unspecified atom stereocenters. The van der Waals surface area contributed by atoms with Crippen molar-refractivity contribution < 1.29 is 4.39 Å². The summed E-state index contributed by atoms with van der Waals surface area (Å²) in [6.07, 6.45) is 1.47. The Morgan fingerprint density at radius 3 is 2.85 bits per heavy atom. The van der Waals surface area contributed by atoms with Gasteiger partial charge < -0.3 is 10.6 Å². The SMILES string of the molecule is CC1(N)CN(c2cc(F)ccn2)C1. The van der Waals surface area contributed by atoms with E-state index in [0.29, 0.717) is 5.82 Å². The minimum atomic E-state index is -0.254. The molecule has 3 nitrogen and oxygen atoms in total. The summed E-state index contributed by atoms with van der Waals surface area (Å²) in [5.41, 5.74) is 5.68. The molecule has 2 heterocycles. The van der Waals surface area contributed by atoms with Crippen LogP contribution in [0.25, 0.3) is 0 Å². The first-order valence-corrected chi connectivity index (χ1v) is 4.22. The summed E-state index contributed by atoms with van der Waals surface area (Å²) in [5.74, 6) is 0.415. The Bertz CT molecular complexity index is 316. The molecule has 1 aliphatic rings. The Labute approximate surface area is 76.4 Å². The Morgan fingerprint density at radius 1 is 1.62 bits per heavy atom. The molecular formula is C9H12FN3. The van der Waals surface area contributed by atoms with Crippen molar-refractivity contribution in [3.05, 3.63) is 24.1 Å². The lowest BCUT2D eigenvalue weighted by Crippen LogP contribution is -2.65. The second kappa shape index (κ2) is 2.67. The van der Waals surface area contributed by atoms with Crippen molar-refractivity contribution in [2.75, 3.05) is 18.0 Å². The van der Waals surface area contributed by atoms with E-state index in [-0.39, 0.29) is 11.4 Å². The zero-order valence-corrected chi connectivity index (χ0v) is 7.50. The predicted octanol–water partition coefficient (Wildman–Crippen LogP) is 0.758. The highest BCUT2D eigenvalue weighted by atomic mass is 19.1. The van der Waals surface area contributed by atoms with Gasteiger partial charge in [-0.05, 0) is 13.0 Å². The molecule has 1 aliphatic heterocycles. The van der Waals surface area contributed by atoms with Gasteiger partial charge in [-0.1, -0.05) is 0 Å². The van der Waals surface area contributed by atoms with Crippen molar-refractivity contribution in [2.24, 2.45) is 5.73 Å². The largest absolute Gasteiger partial charge is 0.353 e. The van der Waals surface area contributed by atoms with Crippen LogP contribution >= 0.6 is 0 Å². The quantitative estimate of drug-likeness (QED) is 0.695. The van der Waals surface area contributed by atoms with Gasteiger partial charge in [0.1, 0.15) is 11.6 Å². The van der Waals surface area contributed by atoms with Crippen LogP contribution in [0.5, 0.6) is 0 Å². The van der Waals surface area contributed by atoms with Crippen molar-refractivity contribution >= 4 is 5.82 Å². The van der Waals surface area contributed by atoms with Crippen LogP contribution in [-0.2, 0) is 0 Å². The molecule has 0 atom stereocenters. The van der Waals surface area contributed by atoms with Crippen molar-refractivity contribution in [2.45, 2.75) is 12.5 Å². The molecule has 0 saturated carbocycles. The minimum absolute atomic E-state index is 0.145. The molecule has 1 aromatic rings.